The van der Waals surface area contributed by atoms with Crippen LogP contribution in [0.25, 0.3) is 0 Å². The van der Waals surface area contributed by atoms with Crippen molar-refractivity contribution in [2.75, 3.05) is 37.4 Å². The minimum Gasteiger partial charge on any atom is -0.330 e. The van der Waals surface area contributed by atoms with E-state index in [1.807, 2.05) is 6.92 Å². The lowest BCUT2D eigenvalue weighted by molar-refractivity contribution is 0.183. The lowest BCUT2D eigenvalue weighted by atomic mass is 9.81. The van der Waals surface area contributed by atoms with Crippen LogP contribution in [0.3, 0.4) is 0 Å². The molecule has 0 saturated carbocycles. The van der Waals surface area contributed by atoms with E-state index in [0.717, 1.165) is 19.1 Å². The maximum atomic E-state index is 12.0. The number of rotatable bonds is 5. The number of hydrogen-bond donors (Lipinski definition) is 1. The van der Waals surface area contributed by atoms with Gasteiger partial charge < -0.3 is 5.73 Å². The largest absolute Gasteiger partial charge is 0.330 e. The minimum atomic E-state index is -3.46. The summed E-state index contributed by atoms with van der Waals surface area (Å²) in [6.45, 7) is 3.46. The van der Waals surface area contributed by atoms with Crippen LogP contribution in [0.4, 0.5) is 0 Å². The predicted molar refractivity (Wildman–Crippen MR) is 71.5 cm³/mol. The predicted octanol–water partition coefficient (Wildman–Crippen LogP) is -0.578. The van der Waals surface area contributed by atoms with Gasteiger partial charge in [0.05, 0.1) is 11.5 Å². The molecule has 0 aliphatic carbocycles. The van der Waals surface area contributed by atoms with E-state index >= 15 is 0 Å². The molecule has 0 spiro atoms. The van der Waals surface area contributed by atoms with Crippen LogP contribution in [0.1, 0.15) is 19.8 Å². The fourth-order valence-electron chi connectivity index (χ4n) is 1.89. The fraction of sp³-hybridized carbons (Fsp3) is 1.00. The summed E-state index contributed by atoms with van der Waals surface area (Å²) < 4.78 is 47.3. The summed E-state index contributed by atoms with van der Waals surface area (Å²) in [7, 11) is -6.71. The molecule has 0 aromatic heterocycles. The lowest BCUT2D eigenvalue weighted by Crippen LogP contribution is -2.46. The molecule has 1 rings (SSSR count). The van der Waals surface area contributed by atoms with E-state index in [9.17, 15) is 16.8 Å². The highest BCUT2D eigenvalue weighted by molar-refractivity contribution is 7.93. The van der Waals surface area contributed by atoms with Crippen molar-refractivity contribution in [3.63, 3.8) is 0 Å². The highest BCUT2D eigenvalue weighted by atomic mass is 32.2. The van der Waals surface area contributed by atoms with Crippen molar-refractivity contribution < 1.29 is 16.8 Å². The molecule has 1 saturated heterocycles. The average Bonchev–Trinajstić information content (AvgIpc) is 2.26. The van der Waals surface area contributed by atoms with Gasteiger partial charge in [0.1, 0.15) is 9.84 Å². The van der Waals surface area contributed by atoms with Gasteiger partial charge in [0.25, 0.3) is 0 Å². The van der Waals surface area contributed by atoms with Crippen LogP contribution in [0.2, 0.25) is 0 Å². The summed E-state index contributed by atoms with van der Waals surface area (Å²) >= 11 is 0. The smallest absolute Gasteiger partial charge is 0.215 e. The normalized spacial score (nSPS) is 21.9. The molecule has 108 valence electrons. The molecular weight excluding hydrogens is 276 g/mol. The van der Waals surface area contributed by atoms with Crippen molar-refractivity contribution in [3.05, 3.63) is 0 Å². The van der Waals surface area contributed by atoms with E-state index in [0.29, 0.717) is 19.6 Å². The first-order valence-corrected chi connectivity index (χ1v) is 9.61. The van der Waals surface area contributed by atoms with Crippen molar-refractivity contribution in [3.8, 4) is 0 Å². The Kier molecular flexibility index (Phi) is 4.80. The molecule has 0 radical (unpaired) electrons. The minimum absolute atomic E-state index is 0.00283. The monoisotopic (exact) mass is 298 g/mol. The Labute approximate surface area is 110 Å². The molecule has 1 fully saturated rings. The zero-order valence-electron chi connectivity index (χ0n) is 10.9. The van der Waals surface area contributed by atoms with Crippen LogP contribution in [-0.4, -0.2) is 58.5 Å². The molecule has 0 atom stereocenters. The van der Waals surface area contributed by atoms with Crippen molar-refractivity contribution in [2.45, 2.75) is 19.8 Å². The van der Waals surface area contributed by atoms with Crippen LogP contribution < -0.4 is 5.73 Å². The summed E-state index contributed by atoms with van der Waals surface area (Å²) in [5.41, 5.74) is 5.66. The van der Waals surface area contributed by atoms with Crippen molar-refractivity contribution in [1.82, 2.24) is 4.31 Å². The zero-order valence-corrected chi connectivity index (χ0v) is 12.6. The summed E-state index contributed by atoms with van der Waals surface area (Å²) in [5.74, 6) is -0.648. The molecule has 1 aliphatic heterocycles. The fourth-order valence-corrected chi connectivity index (χ4v) is 4.94. The Morgan fingerprint density at radius 3 is 2.00 bits per heavy atom. The maximum Gasteiger partial charge on any atom is 0.215 e. The second-order valence-corrected chi connectivity index (χ2v) is 9.71. The van der Waals surface area contributed by atoms with Crippen LogP contribution in [0, 0.1) is 5.41 Å². The Balaban J connectivity index is 2.61. The summed E-state index contributed by atoms with van der Waals surface area (Å²) in [5, 5.41) is 0. The first-order valence-electron chi connectivity index (χ1n) is 5.94. The SMILES string of the molecule is CC1(CN)CCN(S(=O)(=O)CCS(C)(=O)=O)CC1. The van der Waals surface area contributed by atoms with Gasteiger partial charge in [0, 0.05) is 19.3 Å². The molecule has 18 heavy (non-hydrogen) atoms. The van der Waals surface area contributed by atoms with E-state index in [2.05, 4.69) is 0 Å². The molecule has 0 bridgehead atoms. The number of hydrogen-bond acceptors (Lipinski definition) is 5. The number of nitrogens with two attached hydrogens (primary N) is 1. The average molecular weight is 298 g/mol. The van der Waals surface area contributed by atoms with Gasteiger partial charge in [-0.3, -0.25) is 0 Å². The number of sulfone groups is 1. The van der Waals surface area contributed by atoms with Crippen molar-refractivity contribution in [2.24, 2.45) is 11.1 Å². The third-order valence-corrected chi connectivity index (χ3v) is 6.60. The first-order chi connectivity index (χ1) is 8.08. The third kappa shape index (κ3) is 4.49. The Hall–Kier alpha value is -0.180. The summed E-state index contributed by atoms with van der Waals surface area (Å²) in [6, 6.07) is 0. The van der Waals surface area contributed by atoms with Crippen LogP contribution in [0.15, 0.2) is 0 Å². The Morgan fingerprint density at radius 2 is 1.61 bits per heavy atom. The molecule has 6 nitrogen and oxygen atoms in total. The van der Waals surface area contributed by atoms with Gasteiger partial charge in [-0.1, -0.05) is 6.92 Å². The Morgan fingerprint density at radius 1 is 1.11 bits per heavy atom. The number of sulfonamides is 1. The third-order valence-electron chi connectivity index (χ3n) is 3.53. The number of piperidine rings is 1. The molecule has 1 aliphatic rings. The first kappa shape index (κ1) is 15.9. The Bertz CT molecular complexity index is 476. The van der Waals surface area contributed by atoms with Crippen molar-refractivity contribution >= 4 is 19.9 Å². The molecular formula is C10H22N2O4S2. The molecule has 0 amide bonds. The van der Waals surface area contributed by atoms with Gasteiger partial charge in [-0.05, 0) is 24.8 Å². The topological polar surface area (TPSA) is 97.5 Å². The van der Waals surface area contributed by atoms with Crippen LogP contribution >= 0.6 is 0 Å². The van der Waals surface area contributed by atoms with Crippen LogP contribution in [0.5, 0.6) is 0 Å². The van der Waals surface area contributed by atoms with Crippen LogP contribution in [-0.2, 0) is 19.9 Å². The quantitative estimate of drug-likeness (QED) is 0.732. The van der Waals surface area contributed by atoms with E-state index in [4.69, 9.17) is 5.73 Å². The summed E-state index contributed by atoms with van der Waals surface area (Å²) in [6.07, 6.45) is 2.49. The highest BCUT2D eigenvalue weighted by Crippen LogP contribution is 2.30. The zero-order chi connectivity index (χ0) is 14.0. The van der Waals surface area contributed by atoms with E-state index in [-0.39, 0.29) is 16.9 Å². The van der Waals surface area contributed by atoms with Gasteiger partial charge in [-0.25, -0.2) is 21.1 Å². The van der Waals surface area contributed by atoms with E-state index in [1.165, 1.54) is 4.31 Å². The molecule has 0 aromatic rings. The molecule has 0 unspecified atom stereocenters. The van der Waals surface area contributed by atoms with E-state index in [1.54, 1.807) is 0 Å². The lowest BCUT2D eigenvalue weighted by Gasteiger charge is -2.37. The maximum absolute atomic E-state index is 12.0. The second-order valence-electron chi connectivity index (χ2n) is 5.36. The van der Waals surface area contributed by atoms with Gasteiger partial charge >= 0.3 is 0 Å². The van der Waals surface area contributed by atoms with Gasteiger partial charge in [-0.2, -0.15) is 0 Å². The molecule has 8 heteroatoms. The van der Waals surface area contributed by atoms with Gasteiger partial charge in [0.15, 0.2) is 0 Å². The molecule has 0 aromatic carbocycles. The summed E-state index contributed by atoms with van der Waals surface area (Å²) in [4.78, 5) is 0. The molecule has 2 N–H and O–H groups in total. The number of nitrogens with zero attached hydrogens (tertiary/aromatic N) is 1. The van der Waals surface area contributed by atoms with E-state index < -0.39 is 19.9 Å². The standard InChI is InChI=1S/C10H22N2O4S2/c1-10(9-11)3-5-12(6-4-10)18(15,16)8-7-17(2,13)14/h3-9,11H2,1-2H3. The van der Waals surface area contributed by atoms with Crippen molar-refractivity contribution in [1.29, 1.82) is 0 Å². The highest BCUT2D eigenvalue weighted by Gasteiger charge is 2.33. The van der Waals surface area contributed by atoms with Gasteiger partial charge in [-0.15, -0.1) is 0 Å². The second kappa shape index (κ2) is 5.44. The van der Waals surface area contributed by atoms with Gasteiger partial charge in [0.2, 0.25) is 10.0 Å². The molecule has 1 heterocycles.